The average Bonchev–Trinajstić information content (AvgIpc) is 2.31. The summed E-state index contributed by atoms with van der Waals surface area (Å²) < 4.78 is 6.48. The highest BCUT2D eigenvalue weighted by molar-refractivity contribution is 14.1. The molecule has 0 aliphatic rings. The van der Waals surface area contributed by atoms with E-state index >= 15 is 0 Å². The number of hydrogen-bond donors (Lipinski definition) is 2. The summed E-state index contributed by atoms with van der Waals surface area (Å²) in [6.45, 7) is 0.0758. The molecular weight excluding hydrogens is 417 g/mol. The number of ether oxygens (including phenoxy) is 1. The molecule has 0 aliphatic heterocycles. The summed E-state index contributed by atoms with van der Waals surface area (Å²) in [4.78, 5) is 22.0. The van der Waals surface area contributed by atoms with E-state index in [1.807, 2.05) is 6.07 Å². The van der Waals surface area contributed by atoms with E-state index < -0.39 is 5.97 Å². The molecule has 1 aromatic carbocycles. The summed E-state index contributed by atoms with van der Waals surface area (Å²) >= 11 is 5.42. The molecule has 0 radical (unpaired) electrons. The first kappa shape index (κ1) is 15.4. The van der Waals surface area contributed by atoms with Gasteiger partial charge in [-0.25, -0.2) is 4.79 Å². The van der Waals surface area contributed by atoms with Crippen LogP contribution in [0.5, 0.6) is 0 Å². The summed E-state index contributed by atoms with van der Waals surface area (Å²) in [5.74, 6) is -1.25. The van der Waals surface area contributed by atoms with E-state index in [4.69, 9.17) is 9.84 Å². The molecule has 0 heterocycles. The maximum absolute atomic E-state index is 11.8. The van der Waals surface area contributed by atoms with Crippen LogP contribution in [0.4, 0.5) is 0 Å². The van der Waals surface area contributed by atoms with Gasteiger partial charge in [0.05, 0.1) is 12.2 Å². The van der Waals surface area contributed by atoms with Crippen LogP contribution in [-0.2, 0) is 9.53 Å². The molecule has 0 saturated carbocycles. The Morgan fingerprint density at radius 1 is 1.44 bits per heavy atom. The van der Waals surface area contributed by atoms with Crippen molar-refractivity contribution in [3.8, 4) is 0 Å². The Balaban J connectivity index is 2.41. The standard InChI is InChI=1S/C11H11BrINO4/c12-9-2-1-7(13)5-8(9)11(17)14-3-4-18-6-10(15)16/h1-2,5H,3-4,6H2,(H,14,17)(H,15,16). The molecule has 0 unspecified atom stereocenters. The first-order chi connectivity index (χ1) is 8.50. The molecule has 0 atom stereocenters. The van der Waals surface area contributed by atoms with Gasteiger partial charge in [-0.05, 0) is 56.7 Å². The van der Waals surface area contributed by atoms with Gasteiger partial charge in [0.25, 0.3) is 5.91 Å². The minimum absolute atomic E-state index is 0.166. The fourth-order valence-electron chi connectivity index (χ4n) is 1.16. The smallest absolute Gasteiger partial charge is 0.329 e. The molecule has 1 rings (SSSR count). The van der Waals surface area contributed by atoms with Crippen molar-refractivity contribution in [2.45, 2.75) is 0 Å². The summed E-state index contributed by atoms with van der Waals surface area (Å²) in [5, 5.41) is 11.0. The molecule has 1 aromatic rings. The van der Waals surface area contributed by atoms with Gasteiger partial charge in [0.15, 0.2) is 0 Å². The van der Waals surface area contributed by atoms with Gasteiger partial charge in [0.2, 0.25) is 0 Å². The first-order valence-electron chi connectivity index (χ1n) is 5.03. The second-order valence-electron chi connectivity index (χ2n) is 3.33. The lowest BCUT2D eigenvalue weighted by molar-refractivity contribution is -0.142. The van der Waals surface area contributed by atoms with Crippen LogP contribution in [0.25, 0.3) is 0 Å². The molecule has 0 bridgehead atoms. The van der Waals surface area contributed by atoms with Crippen molar-refractivity contribution in [1.29, 1.82) is 0 Å². The van der Waals surface area contributed by atoms with Crippen molar-refractivity contribution < 1.29 is 19.4 Å². The van der Waals surface area contributed by atoms with Crippen LogP contribution in [-0.4, -0.2) is 36.7 Å². The number of carboxylic acid groups (broad SMARTS) is 1. The van der Waals surface area contributed by atoms with Crippen molar-refractivity contribution in [2.24, 2.45) is 0 Å². The van der Waals surface area contributed by atoms with Crippen molar-refractivity contribution >= 4 is 50.4 Å². The molecule has 2 N–H and O–H groups in total. The topological polar surface area (TPSA) is 75.6 Å². The average molecular weight is 428 g/mol. The quantitative estimate of drug-likeness (QED) is 0.537. The summed E-state index contributed by atoms with van der Waals surface area (Å²) in [7, 11) is 0. The van der Waals surface area contributed by atoms with Gasteiger partial charge >= 0.3 is 5.97 Å². The van der Waals surface area contributed by atoms with Gasteiger partial charge in [0, 0.05) is 14.6 Å². The predicted molar refractivity (Wildman–Crippen MR) is 77.6 cm³/mol. The Kier molecular flexibility index (Phi) is 6.58. The molecule has 0 fully saturated rings. The Labute approximate surface area is 126 Å². The third-order valence-corrected chi connectivity index (χ3v) is 3.29. The highest BCUT2D eigenvalue weighted by Crippen LogP contribution is 2.19. The molecular formula is C11H11BrINO4. The molecule has 18 heavy (non-hydrogen) atoms. The number of benzene rings is 1. The molecule has 0 saturated heterocycles. The molecule has 7 heteroatoms. The summed E-state index contributed by atoms with van der Waals surface area (Å²) in [6.07, 6.45) is 0. The van der Waals surface area contributed by atoms with Gasteiger partial charge < -0.3 is 15.2 Å². The number of rotatable bonds is 6. The molecule has 0 aromatic heterocycles. The van der Waals surface area contributed by atoms with Gasteiger partial charge in [0.1, 0.15) is 6.61 Å². The van der Waals surface area contributed by atoms with Crippen LogP contribution >= 0.6 is 38.5 Å². The van der Waals surface area contributed by atoms with Gasteiger partial charge in [-0.15, -0.1) is 0 Å². The van der Waals surface area contributed by atoms with E-state index in [2.05, 4.69) is 43.8 Å². The first-order valence-corrected chi connectivity index (χ1v) is 6.90. The van der Waals surface area contributed by atoms with Gasteiger partial charge in [-0.2, -0.15) is 0 Å². The lowest BCUT2D eigenvalue weighted by atomic mass is 10.2. The Hall–Kier alpha value is -0.670. The fourth-order valence-corrected chi connectivity index (χ4v) is 2.08. The third kappa shape index (κ3) is 5.32. The maximum Gasteiger partial charge on any atom is 0.329 e. The van der Waals surface area contributed by atoms with Crippen LogP contribution in [0.2, 0.25) is 0 Å². The number of carboxylic acids is 1. The van der Waals surface area contributed by atoms with Crippen LogP contribution in [0.15, 0.2) is 22.7 Å². The Bertz CT molecular complexity index is 453. The molecule has 1 amide bonds. The minimum atomic E-state index is -1.03. The molecule has 5 nitrogen and oxygen atoms in total. The van der Waals surface area contributed by atoms with Crippen LogP contribution in [0.1, 0.15) is 10.4 Å². The number of nitrogens with one attached hydrogen (secondary N) is 1. The number of carbonyl (C=O) groups excluding carboxylic acids is 1. The van der Waals surface area contributed by atoms with E-state index in [0.29, 0.717) is 10.0 Å². The number of hydrogen-bond acceptors (Lipinski definition) is 3. The van der Waals surface area contributed by atoms with Crippen molar-refractivity contribution in [3.63, 3.8) is 0 Å². The van der Waals surface area contributed by atoms with E-state index in [1.54, 1.807) is 12.1 Å². The normalized spacial score (nSPS) is 10.1. The third-order valence-electron chi connectivity index (χ3n) is 1.93. The Morgan fingerprint density at radius 3 is 2.83 bits per heavy atom. The summed E-state index contributed by atoms with van der Waals surface area (Å²) in [5.41, 5.74) is 0.542. The van der Waals surface area contributed by atoms with E-state index in [-0.39, 0.29) is 25.7 Å². The predicted octanol–water partition coefficient (Wildman–Crippen LogP) is 1.88. The molecule has 98 valence electrons. The zero-order chi connectivity index (χ0) is 13.5. The minimum Gasteiger partial charge on any atom is -0.480 e. The lowest BCUT2D eigenvalue weighted by Crippen LogP contribution is -2.28. The van der Waals surface area contributed by atoms with E-state index in [1.165, 1.54) is 0 Å². The number of carbonyl (C=O) groups is 2. The van der Waals surface area contributed by atoms with Crippen molar-refractivity contribution in [2.75, 3.05) is 19.8 Å². The maximum atomic E-state index is 11.8. The Morgan fingerprint density at radius 2 is 2.17 bits per heavy atom. The zero-order valence-corrected chi connectivity index (χ0v) is 13.0. The largest absolute Gasteiger partial charge is 0.480 e. The highest BCUT2D eigenvalue weighted by atomic mass is 127. The van der Waals surface area contributed by atoms with Crippen LogP contribution in [0.3, 0.4) is 0 Å². The molecule has 0 spiro atoms. The van der Waals surface area contributed by atoms with Crippen LogP contribution < -0.4 is 5.32 Å². The number of aliphatic carboxylic acids is 1. The van der Waals surface area contributed by atoms with Gasteiger partial charge in [-0.3, -0.25) is 4.79 Å². The summed E-state index contributed by atoms with van der Waals surface area (Å²) in [6, 6.07) is 5.45. The number of halogens is 2. The van der Waals surface area contributed by atoms with Crippen LogP contribution in [0, 0.1) is 3.57 Å². The van der Waals surface area contributed by atoms with Crippen molar-refractivity contribution in [3.05, 3.63) is 31.8 Å². The van der Waals surface area contributed by atoms with Crippen molar-refractivity contribution in [1.82, 2.24) is 5.32 Å². The highest BCUT2D eigenvalue weighted by Gasteiger charge is 2.09. The lowest BCUT2D eigenvalue weighted by Gasteiger charge is -2.07. The number of amides is 1. The monoisotopic (exact) mass is 427 g/mol. The SMILES string of the molecule is O=C(O)COCCNC(=O)c1cc(I)ccc1Br. The van der Waals surface area contributed by atoms with Gasteiger partial charge in [-0.1, -0.05) is 0 Å². The van der Waals surface area contributed by atoms with E-state index in [9.17, 15) is 9.59 Å². The van der Waals surface area contributed by atoms with E-state index in [0.717, 1.165) is 3.57 Å². The fraction of sp³-hybridized carbons (Fsp3) is 0.273. The second-order valence-corrected chi connectivity index (χ2v) is 5.43. The zero-order valence-electron chi connectivity index (χ0n) is 9.28. The second kappa shape index (κ2) is 7.70. The molecule has 0 aliphatic carbocycles.